The summed E-state index contributed by atoms with van der Waals surface area (Å²) in [6.45, 7) is 0. The van der Waals surface area contributed by atoms with Crippen LogP contribution in [0.1, 0.15) is 5.01 Å². The molecular weight excluding hydrogens is 212 g/mol. The highest BCUT2D eigenvalue weighted by molar-refractivity contribution is 7.10. The van der Waals surface area contributed by atoms with Crippen LogP contribution >= 0.6 is 11.3 Å². The Morgan fingerprint density at radius 3 is 3.13 bits per heavy atom. The Kier molecular flexibility index (Phi) is 2.64. The number of aliphatic carboxylic acids is 1. The van der Waals surface area contributed by atoms with Gasteiger partial charge >= 0.3 is 5.97 Å². The van der Waals surface area contributed by atoms with E-state index in [-0.39, 0.29) is 0 Å². The molecule has 0 saturated carbocycles. The van der Waals surface area contributed by atoms with Gasteiger partial charge < -0.3 is 10.1 Å². The van der Waals surface area contributed by atoms with Gasteiger partial charge in [0.1, 0.15) is 5.01 Å². The molecule has 0 bridgehead atoms. The fourth-order valence-corrected chi connectivity index (χ4v) is 1.84. The maximum Gasteiger partial charge on any atom is 0.328 e. The number of carboxylic acids is 1. The predicted octanol–water partition coefficient (Wildman–Crippen LogP) is 2.24. The summed E-state index contributed by atoms with van der Waals surface area (Å²) in [5, 5.41) is 11.0. The topological polar surface area (TPSA) is 66.0 Å². The molecule has 2 aromatic heterocycles. The van der Waals surface area contributed by atoms with Crippen molar-refractivity contribution in [1.29, 1.82) is 0 Å². The Labute approximate surface area is 89.9 Å². The first-order chi connectivity index (χ1) is 7.25. The summed E-state index contributed by atoms with van der Waals surface area (Å²) in [5.41, 5.74) is 1.85. The van der Waals surface area contributed by atoms with E-state index in [9.17, 15) is 4.79 Å². The summed E-state index contributed by atoms with van der Waals surface area (Å²) in [7, 11) is 0. The van der Waals surface area contributed by atoms with Gasteiger partial charge in [0.15, 0.2) is 0 Å². The molecule has 0 fully saturated rings. The van der Waals surface area contributed by atoms with Crippen molar-refractivity contribution in [2.24, 2.45) is 0 Å². The molecule has 0 aliphatic rings. The summed E-state index contributed by atoms with van der Waals surface area (Å²) in [6.07, 6.45) is 6.24. The molecule has 5 heteroatoms. The first-order valence-corrected chi connectivity index (χ1v) is 5.13. The smallest absolute Gasteiger partial charge is 0.328 e. The summed E-state index contributed by atoms with van der Waals surface area (Å²) >= 11 is 1.41. The van der Waals surface area contributed by atoms with Gasteiger partial charge in [-0.25, -0.2) is 9.78 Å². The Morgan fingerprint density at radius 1 is 1.60 bits per heavy atom. The van der Waals surface area contributed by atoms with E-state index in [1.54, 1.807) is 0 Å². The van der Waals surface area contributed by atoms with E-state index in [2.05, 4.69) is 9.97 Å². The SMILES string of the molecule is O=C(O)/C=C/c1nc(-c2cc[nH]c2)cs1. The number of carbonyl (C=O) groups is 1. The van der Waals surface area contributed by atoms with Gasteiger partial charge in [0.05, 0.1) is 5.69 Å². The Balaban J connectivity index is 2.21. The second-order valence-electron chi connectivity index (χ2n) is 2.84. The molecule has 0 atom stereocenters. The Hall–Kier alpha value is -1.88. The van der Waals surface area contributed by atoms with Crippen LogP contribution in [0.15, 0.2) is 29.9 Å². The molecule has 0 aromatic carbocycles. The van der Waals surface area contributed by atoms with Crippen molar-refractivity contribution >= 4 is 23.4 Å². The number of rotatable bonds is 3. The highest BCUT2D eigenvalue weighted by Crippen LogP contribution is 2.21. The maximum atomic E-state index is 10.3. The van der Waals surface area contributed by atoms with Gasteiger partial charge in [-0.05, 0) is 12.1 Å². The van der Waals surface area contributed by atoms with E-state index in [1.165, 1.54) is 17.4 Å². The summed E-state index contributed by atoms with van der Waals surface area (Å²) in [4.78, 5) is 17.5. The fourth-order valence-electron chi connectivity index (χ4n) is 1.12. The maximum absolute atomic E-state index is 10.3. The average molecular weight is 220 g/mol. The van der Waals surface area contributed by atoms with Crippen molar-refractivity contribution in [2.45, 2.75) is 0 Å². The lowest BCUT2D eigenvalue weighted by Gasteiger charge is -1.86. The molecule has 2 heterocycles. The van der Waals surface area contributed by atoms with Crippen LogP contribution in [0.5, 0.6) is 0 Å². The number of hydrogen-bond donors (Lipinski definition) is 2. The molecule has 0 saturated heterocycles. The molecule has 0 amide bonds. The highest BCUT2D eigenvalue weighted by atomic mass is 32.1. The third kappa shape index (κ3) is 2.32. The van der Waals surface area contributed by atoms with Gasteiger partial charge in [-0.2, -0.15) is 0 Å². The van der Waals surface area contributed by atoms with E-state index in [0.717, 1.165) is 17.3 Å². The molecule has 2 aromatic rings. The molecule has 4 nitrogen and oxygen atoms in total. The second-order valence-corrected chi connectivity index (χ2v) is 3.73. The van der Waals surface area contributed by atoms with Gasteiger partial charge in [-0.1, -0.05) is 0 Å². The molecule has 0 spiro atoms. The Morgan fingerprint density at radius 2 is 2.47 bits per heavy atom. The standard InChI is InChI=1S/C10H8N2O2S/c13-10(14)2-1-9-12-8(6-15-9)7-3-4-11-5-7/h1-6,11H,(H,13,14)/b2-1+. The third-order valence-corrected chi connectivity index (χ3v) is 2.59. The van der Waals surface area contributed by atoms with Crippen LogP contribution in [0, 0.1) is 0 Å². The molecule has 0 radical (unpaired) electrons. The van der Waals surface area contributed by atoms with Gasteiger partial charge in [-0.15, -0.1) is 11.3 Å². The van der Waals surface area contributed by atoms with Crippen LogP contribution in [0.25, 0.3) is 17.3 Å². The highest BCUT2D eigenvalue weighted by Gasteiger charge is 2.02. The van der Waals surface area contributed by atoms with Crippen LogP contribution in [0.2, 0.25) is 0 Å². The number of H-pyrrole nitrogens is 1. The van der Waals surface area contributed by atoms with E-state index in [1.807, 2.05) is 23.8 Å². The van der Waals surface area contributed by atoms with Crippen LogP contribution in [0.3, 0.4) is 0 Å². The van der Waals surface area contributed by atoms with E-state index < -0.39 is 5.97 Å². The van der Waals surface area contributed by atoms with E-state index >= 15 is 0 Å². The minimum atomic E-state index is -0.964. The quantitative estimate of drug-likeness (QED) is 0.779. The Bertz CT molecular complexity index is 485. The van der Waals surface area contributed by atoms with Crippen LogP contribution < -0.4 is 0 Å². The van der Waals surface area contributed by atoms with Crippen LogP contribution in [0.4, 0.5) is 0 Å². The summed E-state index contributed by atoms with van der Waals surface area (Å²) in [6, 6.07) is 1.92. The van der Waals surface area contributed by atoms with Crippen molar-refractivity contribution in [3.05, 3.63) is 34.9 Å². The molecule has 0 unspecified atom stereocenters. The number of nitrogens with zero attached hydrogens (tertiary/aromatic N) is 1. The van der Waals surface area contributed by atoms with Gasteiger partial charge in [-0.3, -0.25) is 0 Å². The monoisotopic (exact) mass is 220 g/mol. The molecule has 2 N–H and O–H groups in total. The molecule has 0 aliphatic heterocycles. The first-order valence-electron chi connectivity index (χ1n) is 4.25. The zero-order valence-corrected chi connectivity index (χ0v) is 8.49. The minimum Gasteiger partial charge on any atom is -0.478 e. The number of carboxylic acid groups (broad SMARTS) is 1. The zero-order valence-electron chi connectivity index (χ0n) is 7.68. The van der Waals surface area contributed by atoms with Gasteiger partial charge in [0, 0.05) is 29.4 Å². The van der Waals surface area contributed by atoms with Crippen molar-refractivity contribution in [3.63, 3.8) is 0 Å². The minimum absolute atomic E-state index is 0.689. The molecule has 15 heavy (non-hydrogen) atoms. The lowest BCUT2D eigenvalue weighted by atomic mass is 10.3. The molecule has 2 rings (SSSR count). The number of thiazole rings is 1. The lowest BCUT2D eigenvalue weighted by molar-refractivity contribution is -0.131. The number of aromatic amines is 1. The summed E-state index contributed by atoms with van der Waals surface area (Å²) < 4.78 is 0. The second kappa shape index (κ2) is 4.10. The van der Waals surface area contributed by atoms with Crippen LogP contribution in [-0.2, 0) is 4.79 Å². The van der Waals surface area contributed by atoms with Crippen LogP contribution in [-0.4, -0.2) is 21.0 Å². The molecule has 0 aliphatic carbocycles. The zero-order chi connectivity index (χ0) is 10.7. The van der Waals surface area contributed by atoms with Gasteiger partial charge in [0.25, 0.3) is 0 Å². The molecular formula is C10H8N2O2S. The summed E-state index contributed by atoms with van der Waals surface area (Å²) in [5.74, 6) is -0.964. The van der Waals surface area contributed by atoms with Crippen molar-refractivity contribution in [3.8, 4) is 11.3 Å². The predicted molar refractivity (Wildman–Crippen MR) is 58.6 cm³/mol. The van der Waals surface area contributed by atoms with Crippen molar-refractivity contribution in [1.82, 2.24) is 9.97 Å². The largest absolute Gasteiger partial charge is 0.478 e. The number of hydrogen-bond acceptors (Lipinski definition) is 3. The normalized spacial score (nSPS) is 10.9. The fraction of sp³-hybridized carbons (Fsp3) is 0. The van der Waals surface area contributed by atoms with Crippen molar-refractivity contribution in [2.75, 3.05) is 0 Å². The van der Waals surface area contributed by atoms with E-state index in [4.69, 9.17) is 5.11 Å². The molecule has 76 valence electrons. The third-order valence-electron chi connectivity index (χ3n) is 1.78. The van der Waals surface area contributed by atoms with Gasteiger partial charge in [0.2, 0.25) is 0 Å². The number of aromatic nitrogens is 2. The number of nitrogens with one attached hydrogen (secondary N) is 1. The first kappa shape index (κ1) is 9.67. The van der Waals surface area contributed by atoms with E-state index in [0.29, 0.717) is 5.01 Å². The van der Waals surface area contributed by atoms with Crippen molar-refractivity contribution < 1.29 is 9.90 Å². The average Bonchev–Trinajstić information content (AvgIpc) is 2.85. The lowest BCUT2D eigenvalue weighted by Crippen LogP contribution is -1.85.